The van der Waals surface area contributed by atoms with Gasteiger partial charge in [0.1, 0.15) is 0 Å². The van der Waals surface area contributed by atoms with Crippen molar-refractivity contribution < 1.29 is 14.7 Å². The van der Waals surface area contributed by atoms with Crippen molar-refractivity contribution in [2.75, 3.05) is 7.11 Å². The molecule has 0 aliphatic heterocycles. The van der Waals surface area contributed by atoms with Crippen LogP contribution in [0.3, 0.4) is 0 Å². The first-order valence-corrected chi connectivity index (χ1v) is 6.08. The van der Waals surface area contributed by atoms with Crippen molar-refractivity contribution in [3.63, 3.8) is 0 Å². The number of hydrogen-bond acceptors (Lipinski definition) is 4. The third-order valence-corrected chi connectivity index (χ3v) is 2.54. The van der Waals surface area contributed by atoms with Gasteiger partial charge in [-0.2, -0.15) is 0 Å². The number of ether oxygens (including phenoxy) is 2. The summed E-state index contributed by atoms with van der Waals surface area (Å²) in [5, 5.41) is 11.8. The number of oxime groups is 1. The van der Waals surface area contributed by atoms with Crippen LogP contribution < -0.4 is 9.47 Å². The molecular formula is C14H21NO3. The highest BCUT2D eigenvalue weighted by atomic mass is 16.5. The van der Waals surface area contributed by atoms with Gasteiger partial charge in [-0.15, -0.1) is 0 Å². The summed E-state index contributed by atoms with van der Waals surface area (Å²) in [6.07, 6.45) is 1.66. The Morgan fingerprint density at radius 1 is 1.33 bits per heavy atom. The van der Waals surface area contributed by atoms with E-state index in [0.29, 0.717) is 0 Å². The zero-order valence-electron chi connectivity index (χ0n) is 11.4. The molecule has 0 bridgehead atoms. The van der Waals surface area contributed by atoms with Crippen molar-refractivity contribution in [1.82, 2.24) is 0 Å². The van der Waals surface area contributed by atoms with E-state index >= 15 is 0 Å². The number of aryl methyl sites for hydroxylation is 1. The summed E-state index contributed by atoms with van der Waals surface area (Å²) >= 11 is 0. The maximum Gasteiger partial charge on any atom is 0.161 e. The van der Waals surface area contributed by atoms with E-state index in [1.165, 1.54) is 0 Å². The second-order valence-corrected chi connectivity index (χ2v) is 4.49. The van der Waals surface area contributed by atoms with E-state index in [1.807, 2.05) is 32.0 Å². The van der Waals surface area contributed by atoms with Crippen molar-refractivity contribution in [2.45, 2.75) is 39.7 Å². The average Bonchev–Trinajstić information content (AvgIpc) is 2.36. The monoisotopic (exact) mass is 251 g/mol. The van der Waals surface area contributed by atoms with Crippen LogP contribution in [0.2, 0.25) is 0 Å². The Bertz CT molecular complexity index is 414. The number of rotatable bonds is 6. The molecule has 4 heteroatoms. The Kier molecular flexibility index (Phi) is 5.49. The van der Waals surface area contributed by atoms with Crippen LogP contribution in [0.5, 0.6) is 11.5 Å². The summed E-state index contributed by atoms with van der Waals surface area (Å²) in [5.74, 6) is 1.49. The molecule has 0 spiro atoms. The Labute approximate surface area is 108 Å². The van der Waals surface area contributed by atoms with E-state index in [1.54, 1.807) is 14.0 Å². The van der Waals surface area contributed by atoms with Crippen LogP contribution >= 0.6 is 0 Å². The third kappa shape index (κ3) is 4.28. The minimum atomic E-state index is 0.119. The lowest BCUT2D eigenvalue weighted by Gasteiger charge is -2.14. The average molecular weight is 251 g/mol. The van der Waals surface area contributed by atoms with E-state index in [4.69, 9.17) is 14.7 Å². The van der Waals surface area contributed by atoms with Crippen LogP contribution in [-0.4, -0.2) is 24.1 Å². The molecule has 18 heavy (non-hydrogen) atoms. The zero-order chi connectivity index (χ0) is 13.5. The van der Waals surface area contributed by atoms with E-state index < -0.39 is 0 Å². The molecule has 1 aromatic carbocycles. The first kappa shape index (κ1) is 14.4. The van der Waals surface area contributed by atoms with Gasteiger partial charge in [0.05, 0.1) is 18.9 Å². The molecule has 1 rings (SSSR count). The first-order chi connectivity index (χ1) is 8.56. The van der Waals surface area contributed by atoms with Gasteiger partial charge in [0, 0.05) is 0 Å². The maximum absolute atomic E-state index is 8.60. The first-order valence-electron chi connectivity index (χ1n) is 6.08. The van der Waals surface area contributed by atoms with Crippen molar-refractivity contribution >= 4 is 5.71 Å². The van der Waals surface area contributed by atoms with Crippen molar-refractivity contribution in [3.05, 3.63) is 23.8 Å². The summed E-state index contributed by atoms with van der Waals surface area (Å²) in [7, 11) is 1.63. The molecule has 100 valence electrons. The topological polar surface area (TPSA) is 51.0 Å². The standard InChI is InChI=1S/C14H21NO3/c1-10(2)18-13-8-7-12(9-14(13)17-4)6-5-11(3)15-16/h7-10,16H,5-6H2,1-4H3/b15-11+. The molecule has 0 aliphatic rings. The highest BCUT2D eigenvalue weighted by Gasteiger charge is 2.07. The molecule has 0 saturated heterocycles. The van der Waals surface area contributed by atoms with Gasteiger partial charge in [-0.25, -0.2) is 0 Å². The fraction of sp³-hybridized carbons (Fsp3) is 0.500. The number of hydrogen-bond donors (Lipinski definition) is 1. The molecule has 0 unspecified atom stereocenters. The highest BCUT2D eigenvalue weighted by molar-refractivity contribution is 5.81. The van der Waals surface area contributed by atoms with Crippen LogP contribution in [0.15, 0.2) is 23.4 Å². The van der Waals surface area contributed by atoms with Gasteiger partial charge in [0.25, 0.3) is 0 Å². The van der Waals surface area contributed by atoms with E-state index in [0.717, 1.165) is 35.6 Å². The van der Waals surface area contributed by atoms with Gasteiger partial charge < -0.3 is 14.7 Å². The Balaban J connectivity index is 2.78. The lowest BCUT2D eigenvalue weighted by Crippen LogP contribution is -2.07. The lowest BCUT2D eigenvalue weighted by molar-refractivity contribution is 0.230. The number of nitrogens with zero attached hydrogens (tertiary/aromatic N) is 1. The van der Waals surface area contributed by atoms with Crippen LogP contribution in [0.1, 0.15) is 32.8 Å². The van der Waals surface area contributed by atoms with Crippen molar-refractivity contribution in [2.24, 2.45) is 5.16 Å². The van der Waals surface area contributed by atoms with E-state index in [2.05, 4.69) is 5.16 Å². The summed E-state index contributed by atoms with van der Waals surface area (Å²) in [5.41, 5.74) is 1.85. The second kappa shape index (κ2) is 6.89. The lowest BCUT2D eigenvalue weighted by atomic mass is 10.1. The van der Waals surface area contributed by atoms with E-state index in [9.17, 15) is 0 Å². The summed E-state index contributed by atoms with van der Waals surface area (Å²) < 4.78 is 11.0. The Hall–Kier alpha value is -1.71. The third-order valence-electron chi connectivity index (χ3n) is 2.54. The summed E-state index contributed by atoms with van der Waals surface area (Å²) in [6, 6.07) is 5.88. The molecule has 0 heterocycles. The molecular weight excluding hydrogens is 230 g/mol. The molecule has 0 aliphatic carbocycles. The number of methoxy groups -OCH3 is 1. The normalized spacial score (nSPS) is 11.7. The van der Waals surface area contributed by atoms with E-state index in [-0.39, 0.29) is 6.10 Å². The minimum absolute atomic E-state index is 0.119. The SMILES string of the molecule is COc1cc(CC/C(C)=N/O)ccc1OC(C)C. The molecule has 1 aromatic rings. The predicted octanol–water partition coefficient (Wildman–Crippen LogP) is 3.27. The van der Waals surface area contributed by atoms with Crippen LogP contribution in [0, 0.1) is 0 Å². The zero-order valence-corrected chi connectivity index (χ0v) is 11.4. The maximum atomic E-state index is 8.60. The molecule has 4 nitrogen and oxygen atoms in total. The van der Waals surface area contributed by atoms with Gasteiger partial charge >= 0.3 is 0 Å². The van der Waals surface area contributed by atoms with Crippen molar-refractivity contribution in [3.8, 4) is 11.5 Å². The minimum Gasteiger partial charge on any atom is -0.493 e. The van der Waals surface area contributed by atoms with Gasteiger partial charge in [0.2, 0.25) is 0 Å². The second-order valence-electron chi connectivity index (χ2n) is 4.49. The molecule has 0 radical (unpaired) electrons. The molecule has 0 saturated carbocycles. The van der Waals surface area contributed by atoms with Crippen LogP contribution in [0.25, 0.3) is 0 Å². The smallest absolute Gasteiger partial charge is 0.161 e. The molecule has 0 fully saturated rings. The molecule has 1 N–H and O–H groups in total. The summed E-state index contributed by atoms with van der Waals surface area (Å²) in [4.78, 5) is 0. The van der Waals surface area contributed by atoms with Crippen LogP contribution in [-0.2, 0) is 6.42 Å². The molecule has 0 aromatic heterocycles. The molecule has 0 atom stereocenters. The van der Waals surface area contributed by atoms with Gasteiger partial charge in [-0.3, -0.25) is 0 Å². The predicted molar refractivity (Wildman–Crippen MR) is 72.0 cm³/mol. The molecule has 0 amide bonds. The Morgan fingerprint density at radius 2 is 2.06 bits per heavy atom. The van der Waals surface area contributed by atoms with Gasteiger partial charge in [-0.05, 0) is 51.3 Å². The van der Waals surface area contributed by atoms with Gasteiger partial charge in [-0.1, -0.05) is 11.2 Å². The van der Waals surface area contributed by atoms with Crippen LogP contribution in [0.4, 0.5) is 0 Å². The summed E-state index contributed by atoms with van der Waals surface area (Å²) in [6.45, 7) is 5.76. The fourth-order valence-corrected chi connectivity index (χ4v) is 1.59. The number of benzene rings is 1. The Morgan fingerprint density at radius 3 is 2.61 bits per heavy atom. The quantitative estimate of drug-likeness (QED) is 0.479. The highest BCUT2D eigenvalue weighted by Crippen LogP contribution is 2.29. The van der Waals surface area contributed by atoms with Crippen molar-refractivity contribution in [1.29, 1.82) is 0 Å². The van der Waals surface area contributed by atoms with Gasteiger partial charge in [0.15, 0.2) is 11.5 Å². The largest absolute Gasteiger partial charge is 0.493 e. The fourth-order valence-electron chi connectivity index (χ4n) is 1.59.